The molecule has 29 heavy (non-hydrogen) atoms. The summed E-state index contributed by atoms with van der Waals surface area (Å²) in [6.07, 6.45) is 0.401. The second kappa shape index (κ2) is 8.96. The fourth-order valence-electron chi connectivity index (χ4n) is 3.58. The van der Waals surface area contributed by atoms with Crippen LogP contribution in [0.2, 0.25) is 0 Å². The molecule has 0 saturated carbocycles. The average Bonchev–Trinajstić information content (AvgIpc) is 3.13. The standard InChI is InChI=1S/C22H25NO6/c1-13-9-16(22(25)26)19(23-13)20(24)15-10-17(27-2)21(18(11-15)28-3)29-12-14-7-5-4-6-8-14/h4-8,10-11,13,16,19,23H,9,12H2,1-3H3,(H,25,26)/t13-,16?,19?/m0/s1. The summed E-state index contributed by atoms with van der Waals surface area (Å²) in [4.78, 5) is 24.6. The van der Waals surface area contributed by atoms with Crippen LogP contribution in [0.5, 0.6) is 17.2 Å². The van der Waals surface area contributed by atoms with Crippen LogP contribution in [0.25, 0.3) is 0 Å². The Morgan fingerprint density at radius 1 is 1.10 bits per heavy atom. The Labute approximate surface area is 169 Å². The van der Waals surface area contributed by atoms with Gasteiger partial charge in [0.15, 0.2) is 17.3 Å². The minimum atomic E-state index is -0.984. The molecule has 1 saturated heterocycles. The Bertz CT molecular complexity index is 857. The van der Waals surface area contributed by atoms with Gasteiger partial charge in [0.25, 0.3) is 0 Å². The van der Waals surface area contributed by atoms with Crippen molar-refractivity contribution >= 4 is 11.8 Å². The molecule has 0 aromatic heterocycles. The fourth-order valence-corrected chi connectivity index (χ4v) is 3.58. The van der Waals surface area contributed by atoms with Crippen molar-refractivity contribution in [2.45, 2.75) is 32.0 Å². The zero-order chi connectivity index (χ0) is 21.0. The maximum absolute atomic E-state index is 13.1. The van der Waals surface area contributed by atoms with E-state index in [9.17, 15) is 14.7 Å². The lowest BCUT2D eigenvalue weighted by Crippen LogP contribution is -2.40. The van der Waals surface area contributed by atoms with Gasteiger partial charge in [-0.3, -0.25) is 9.59 Å². The highest BCUT2D eigenvalue weighted by atomic mass is 16.5. The number of rotatable bonds is 8. The predicted octanol–water partition coefficient (Wildman–Crippen LogP) is 2.92. The van der Waals surface area contributed by atoms with Crippen molar-refractivity contribution in [3.63, 3.8) is 0 Å². The lowest BCUT2D eigenvalue weighted by Gasteiger charge is -2.19. The van der Waals surface area contributed by atoms with Crippen LogP contribution in [0.1, 0.15) is 29.3 Å². The van der Waals surface area contributed by atoms with E-state index in [1.807, 2.05) is 37.3 Å². The second-order valence-corrected chi connectivity index (χ2v) is 7.07. The zero-order valence-corrected chi connectivity index (χ0v) is 16.7. The lowest BCUT2D eigenvalue weighted by atomic mass is 9.92. The number of methoxy groups -OCH3 is 2. The maximum Gasteiger partial charge on any atom is 0.308 e. The zero-order valence-electron chi connectivity index (χ0n) is 16.7. The SMILES string of the molecule is COc1cc(C(=O)C2N[C@@H](C)CC2C(=O)O)cc(OC)c1OCc1ccccc1. The molecule has 3 atom stereocenters. The lowest BCUT2D eigenvalue weighted by molar-refractivity contribution is -0.141. The first-order valence-electron chi connectivity index (χ1n) is 9.40. The van der Waals surface area contributed by atoms with E-state index in [2.05, 4.69) is 5.32 Å². The Morgan fingerprint density at radius 3 is 2.28 bits per heavy atom. The Balaban J connectivity index is 1.89. The number of carbonyl (C=O) groups excluding carboxylic acids is 1. The monoisotopic (exact) mass is 399 g/mol. The van der Waals surface area contributed by atoms with Crippen LogP contribution < -0.4 is 19.5 Å². The molecule has 7 heteroatoms. The van der Waals surface area contributed by atoms with Crippen molar-refractivity contribution in [3.8, 4) is 17.2 Å². The van der Waals surface area contributed by atoms with Gasteiger partial charge in [-0.1, -0.05) is 30.3 Å². The minimum absolute atomic E-state index is 0.0534. The Hall–Kier alpha value is -3.06. The molecule has 1 fully saturated rings. The van der Waals surface area contributed by atoms with E-state index in [1.165, 1.54) is 14.2 Å². The van der Waals surface area contributed by atoms with Gasteiger partial charge in [-0.05, 0) is 31.0 Å². The van der Waals surface area contributed by atoms with Crippen LogP contribution in [0.3, 0.4) is 0 Å². The highest BCUT2D eigenvalue weighted by molar-refractivity contribution is 6.03. The largest absolute Gasteiger partial charge is 0.493 e. The van der Waals surface area contributed by atoms with Crippen molar-refractivity contribution in [3.05, 3.63) is 53.6 Å². The summed E-state index contributed by atoms with van der Waals surface area (Å²) >= 11 is 0. The van der Waals surface area contributed by atoms with Gasteiger partial charge in [0.2, 0.25) is 5.75 Å². The summed E-state index contributed by atoms with van der Waals surface area (Å²) in [5, 5.41) is 12.5. The summed E-state index contributed by atoms with van der Waals surface area (Å²) in [7, 11) is 2.96. The van der Waals surface area contributed by atoms with Gasteiger partial charge in [0.1, 0.15) is 6.61 Å². The third kappa shape index (κ3) is 4.51. The van der Waals surface area contributed by atoms with Gasteiger partial charge in [0.05, 0.1) is 26.2 Å². The molecule has 154 valence electrons. The van der Waals surface area contributed by atoms with Crippen molar-refractivity contribution in [2.75, 3.05) is 14.2 Å². The fraction of sp³-hybridized carbons (Fsp3) is 0.364. The first-order chi connectivity index (χ1) is 13.9. The quantitative estimate of drug-likeness (QED) is 0.659. The summed E-state index contributed by atoms with van der Waals surface area (Å²) < 4.78 is 16.8. The van der Waals surface area contributed by atoms with Gasteiger partial charge in [0, 0.05) is 11.6 Å². The minimum Gasteiger partial charge on any atom is -0.493 e. The van der Waals surface area contributed by atoms with E-state index in [0.29, 0.717) is 35.8 Å². The van der Waals surface area contributed by atoms with Crippen molar-refractivity contribution in [1.82, 2.24) is 5.32 Å². The number of hydrogen-bond donors (Lipinski definition) is 2. The highest BCUT2D eigenvalue weighted by Crippen LogP contribution is 2.40. The van der Waals surface area contributed by atoms with E-state index in [0.717, 1.165) is 5.56 Å². The van der Waals surface area contributed by atoms with E-state index < -0.39 is 17.9 Å². The average molecular weight is 399 g/mol. The summed E-state index contributed by atoms with van der Waals surface area (Å²) in [5.74, 6) is -0.987. The van der Waals surface area contributed by atoms with Gasteiger partial charge in [-0.15, -0.1) is 0 Å². The number of ketones is 1. The normalized spacial score (nSPS) is 20.9. The summed E-state index contributed by atoms with van der Waals surface area (Å²) in [5.41, 5.74) is 1.29. The first-order valence-corrected chi connectivity index (χ1v) is 9.40. The van der Waals surface area contributed by atoms with Gasteiger partial charge < -0.3 is 24.6 Å². The second-order valence-electron chi connectivity index (χ2n) is 7.07. The highest BCUT2D eigenvalue weighted by Gasteiger charge is 2.41. The van der Waals surface area contributed by atoms with Crippen molar-refractivity contribution < 1.29 is 28.9 Å². The molecule has 2 aromatic rings. The van der Waals surface area contributed by atoms with E-state index >= 15 is 0 Å². The molecule has 3 rings (SSSR count). The Morgan fingerprint density at radius 2 is 1.72 bits per heavy atom. The first kappa shape index (κ1) is 20.7. The number of aliphatic carboxylic acids is 1. The molecule has 1 heterocycles. The number of Topliss-reactive ketones (excluding diaryl/α,β-unsaturated/α-hetero) is 1. The van der Waals surface area contributed by atoms with Crippen molar-refractivity contribution in [2.24, 2.45) is 5.92 Å². The molecular weight excluding hydrogens is 374 g/mol. The number of ether oxygens (including phenoxy) is 3. The third-order valence-corrected chi connectivity index (χ3v) is 5.04. The van der Waals surface area contributed by atoms with Crippen molar-refractivity contribution in [1.29, 1.82) is 0 Å². The van der Waals surface area contributed by atoms with Crippen LogP contribution in [-0.4, -0.2) is 43.2 Å². The smallest absolute Gasteiger partial charge is 0.308 e. The molecular formula is C22H25NO6. The van der Waals surface area contributed by atoms with Crippen LogP contribution in [0.4, 0.5) is 0 Å². The predicted molar refractivity (Wildman–Crippen MR) is 107 cm³/mol. The molecule has 2 N–H and O–H groups in total. The molecule has 1 aliphatic rings. The van der Waals surface area contributed by atoms with Gasteiger partial charge in [-0.25, -0.2) is 0 Å². The molecule has 0 amide bonds. The molecule has 1 aliphatic heterocycles. The molecule has 0 aliphatic carbocycles. The molecule has 0 spiro atoms. The van der Waals surface area contributed by atoms with Crippen LogP contribution in [-0.2, 0) is 11.4 Å². The van der Waals surface area contributed by atoms with E-state index in [1.54, 1.807) is 12.1 Å². The van der Waals surface area contributed by atoms with E-state index in [-0.39, 0.29) is 11.8 Å². The van der Waals surface area contributed by atoms with Gasteiger partial charge in [-0.2, -0.15) is 0 Å². The number of carboxylic acids is 1. The molecule has 2 aromatic carbocycles. The van der Waals surface area contributed by atoms with Crippen LogP contribution >= 0.6 is 0 Å². The number of carboxylic acid groups (broad SMARTS) is 1. The number of benzene rings is 2. The van der Waals surface area contributed by atoms with Gasteiger partial charge >= 0.3 is 5.97 Å². The topological polar surface area (TPSA) is 94.1 Å². The third-order valence-electron chi connectivity index (χ3n) is 5.04. The maximum atomic E-state index is 13.1. The molecule has 0 radical (unpaired) electrons. The summed E-state index contributed by atoms with van der Waals surface area (Å²) in [6, 6.07) is 11.9. The molecule has 0 bridgehead atoms. The van der Waals surface area contributed by atoms with E-state index in [4.69, 9.17) is 14.2 Å². The summed E-state index contributed by atoms with van der Waals surface area (Å²) in [6.45, 7) is 2.18. The number of hydrogen-bond acceptors (Lipinski definition) is 6. The number of carbonyl (C=O) groups is 2. The van der Waals surface area contributed by atoms with Crippen LogP contribution in [0, 0.1) is 5.92 Å². The Kier molecular flexibility index (Phi) is 6.39. The van der Waals surface area contributed by atoms with Crippen LogP contribution in [0.15, 0.2) is 42.5 Å². The molecule has 7 nitrogen and oxygen atoms in total. The molecule has 2 unspecified atom stereocenters. The number of nitrogens with one attached hydrogen (secondary N) is 1.